The van der Waals surface area contributed by atoms with E-state index in [0.29, 0.717) is 6.04 Å². The number of hydrogen-bond acceptors (Lipinski definition) is 3. The molecule has 90 valence electrons. The van der Waals surface area contributed by atoms with Crippen LogP contribution in [-0.4, -0.2) is 14.8 Å². The molecule has 4 heteroatoms. The maximum Gasteiger partial charge on any atom is 0.140 e. The number of benzene rings is 1. The lowest BCUT2D eigenvalue weighted by molar-refractivity contribution is 0.540. The van der Waals surface area contributed by atoms with Gasteiger partial charge in [0.2, 0.25) is 0 Å². The van der Waals surface area contributed by atoms with Crippen molar-refractivity contribution in [3.63, 3.8) is 0 Å². The van der Waals surface area contributed by atoms with Crippen LogP contribution in [0.1, 0.15) is 29.9 Å². The fourth-order valence-corrected chi connectivity index (χ4v) is 1.70. The van der Waals surface area contributed by atoms with Crippen molar-refractivity contribution in [3.05, 3.63) is 47.5 Å². The van der Waals surface area contributed by atoms with Gasteiger partial charge in [0.25, 0.3) is 0 Å². The van der Waals surface area contributed by atoms with Crippen LogP contribution in [0.4, 0.5) is 0 Å². The maximum atomic E-state index is 4.18. The Kier molecular flexibility index (Phi) is 3.54. The smallest absolute Gasteiger partial charge is 0.140 e. The van der Waals surface area contributed by atoms with Gasteiger partial charge in [-0.2, -0.15) is 5.10 Å². The summed E-state index contributed by atoms with van der Waals surface area (Å²) in [6.45, 7) is 4.98. The van der Waals surface area contributed by atoms with E-state index in [1.165, 1.54) is 11.1 Å². The van der Waals surface area contributed by atoms with Gasteiger partial charge in [0, 0.05) is 13.1 Å². The second kappa shape index (κ2) is 5.10. The zero-order valence-corrected chi connectivity index (χ0v) is 10.5. The van der Waals surface area contributed by atoms with E-state index in [0.717, 1.165) is 12.4 Å². The van der Waals surface area contributed by atoms with E-state index >= 15 is 0 Å². The summed E-state index contributed by atoms with van der Waals surface area (Å²) >= 11 is 0. The van der Waals surface area contributed by atoms with Crippen molar-refractivity contribution in [1.82, 2.24) is 20.1 Å². The number of hydrogen-bond donors (Lipinski definition) is 1. The van der Waals surface area contributed by atoms with Crippen molar-refractivity contribution in [2.24, 2.45) is 7.05 Å². The topological polar surface area (TPSA) is 42.7 Å². The maximum absolute atomic E-state index is 4.18. The summed E-state index contributed by atoms with van der Waals surface area (Å²) in [5.74, 6) is 0.948. The third-order valence-electron chi connectivity index (χ3n) is 2.95. The van der Waals surface area contributed by atoms with E-state index in [-0.39, 0.29) is 0 Å². The number of nitrogens with zero attached hydrogens (tertiary/aromatic N) is 3. The Balaban J connectivity index is 1.95. The van der Waals surface area contributed by atoms with Crippen LogP contribution in [0.5, 0.6) is 0 Å². The molecule has 0 radical (unpaired) electrons. The summed E-state index contributed by atoms with van der Waals surface area (Å²) in [5.41, 5.74) is 2.58. The summed E-state index contributed by atoms with van der Waals surface area (Å²) < 4.78 is 1.79. The SMILES string of the molecule is Cc1ccc([C@H](C)NCc2ncnn2C)cc1. The molecule has 0 spiro atoms. The molecule has 0 fully saturated rings. The monoisotopic (exact) mass is 230 g/mol. The van der Waals surface area contributed by atoms with E-state index in [1.807, 2.05) is 7.05 Å². The lowest BCUT2D eigenvalue weighted by Crippen LogP contribution is -2.20. The van der Waals surface area contributed by atoms with Crippen LogP contribution < -0.4 is 5.32 Å². The van der Waals surface area contributed by atoms with Gasteiger partial charge in [0.15, 0.2) is 0 Å². The van der Waals surface area contributed by atoms with Gasteiger partial charge in [-0.15, -0.1) is 0 Å². The average Bonchev–Trinajstić information content (AvgIpc) is 2.73. The van der Waals surface area contributed by atoms with Gasteiger partial charge in [-0.05, 0) is 19.4 Å². The molecule has 1 aromatic carbocycles. The molecule has 2 rings (SSSR count). The van der Waals surface area contributed by atoms with Crippen LogP contribution in [0.3, 0.4) is 0 Å². The highest BCUT2D eigenvalue weighted by Gasteiger charge is 2.06. The molecule has 1 N–H and O–H groups in total. The van der Waals surface area contributed by atoms with Gasteiger partial charge in [-0.25, -0.2) is 4.98 Å². The minimum atomic E-state index is 0.312. The number of rotatable bonds is 4. The standard InChI is InChI=1S/C13H18N4/c1-10-4-6-12(7-5-10)11(2)14-8-13-15-9-16-17(13)3/h4-7,9,11,14H,8H2,1-3H3/t11-/m0/s1. The predicted octanol–water partition coefficient (Wildman–Crippen LogP) is 1.97. The molecule has 1 aromatic heterocycles. The lowest BCUT2D eigenvalue weighted by Gasteiger charge is -2.14. The second-order valence-corrected chi connectivity index (χ2v) is 4.31. The lowest BCUT2D eigenvalue weighted by atomic mass is 10.1. The van der Waals surface area contributed by atoms with E-state index < -0.39 is 0 Å². The normalized spacial score (nSPS) is 12.6. The molecule has 0 saturated carbocycles. The molecule has 0 bridgehead atoms. The van der Waals surface area contributed by atoms with Crippen LogP contribution in [0.15, 0.2) is 30.6 Å². The Labute approximate surface area is 102 Å². The van der Waals surface area contributed by atoms with Gasteiger partial charge in [-0.1, -0.05) is 29.8 Å². The number of aromatic nitrogens is 3. The third kappa shape index (κ3) is 2.91. The Morgan fingerprint density at radius 3 is 2.59 bits per heavy atom. The van der Waals surface area contributed by atoms with Crippen molar-refractivity contribution >= 4 is 0 Å². The van der Waals surface area contributed by atoms with E-state index in [9.17, 15) is 0 Å². The molecule has 4 nitrogen and oxygen atoms in total. The van der Waals surface area contributed by atoms with Crippen molar-refractivity contribution in [2.75, 3.05) is 0 Å². The Hall–Kier alpha value is -1.68. The molecule has 2 aromatic rings. The number of aryl methyl sites for hydroxylation is 2. The summed E-state index contributed by atoms with van der Waals surface area (Å²) in [5, 5.41) is 7.48. The van der Waals surface area contributed by atoms with Gasteiger partial charge >= 0.3 is 0 Å². The first kappa shape index (κ1) is 11.8. The van der Waals surface area contributed by atoms with Crippen LogP contribution in [0, 0.1) is 6.92 Å². The van der Waals surface area contributed by atoms with Crippen molar-refractivity contribution in [1.29, 1.82) is 0 Å². The van der Waals surface area contributed by atoms with Crippen LogP contribution in [0.25, 0.3) is 0 Å². The van der Waals surface area contributed by atoms with E-state index in [1.54, 1.807) is 11.0 Å². The zero-order chi connectivity index (χ0) is 12.3. The van der Waals surface area contributed by atoms with Gasteiger partial charge in [-0.3, -0.25) is 4.68 Å². The van der Waals surface area contributed by atoms with Crippen molar-refractivity contribution in [2.45, 2.75) is 26.4 Å². The second-order valence-electron chi connectivity index (χ2n) is 4.31. The summed E-state index contributed by atoms with van der Waals surface area (Å²) in [6.07, 6.45) is 1.58. The molecule has 0 unspecified atom stereocenters. The zero-order valence-electron chi connectivity index (χ0n) is 10.5. The average molecular weight is 230 g/mol. The van der Waals surface area contributed by atoms with Crippen LogP contribution in [0.2, 0.25) is 0 Å². The molecule has 0 aliphatic carbocycles. The summed E-state index contributed by atoms with van der Waals surface area (Å²) in [7, 11) is 1.90. The first-order chi connectivity index (χ1) is 8.16. The van der Waals surface area contributed by atoms with Crippen molar-refractivity contribution < 1.29 is 0 Å². The molecule has 0 saturated heterocycles. The fraction of sp³-hybridized carbons (Fsp3) is 0.385. The van der Waals surface area contributed by atoms with E-state index in [2.05, 4.69) is 53.5 Å². The summed E-state index contributed by atoms with van der Waals surface area (Å²) in [4.78, 5) is 4.18. The first-order valence-electron chi connectivity index (χ1n) is 5.79. The largest absolute Gasteiger partial charge is 0.303 e. The Morgan fingerprint density at radius 1 is 1.29 bits per heavy atom. The molecular weight excluding hydrogens is 212 g/mol. The highest BCUT2D eigenvalue weighted by molar-refractivity contribution is 5.23. The quantitative estimate of drug-likeness (QED) is 0.873. The van der Waals surface area contributed by atoms with Crippen LogP contribution >= 0.6 is 0 Å². The highest BCUT2D eigenvalue weighted by Crippen LogP contribution is 2.13. The van der Waals surface area contributed by atoms with Gasteiger partial charge in [0.1, 0.15) is 12.2 Å². The van der Waals surface area contributed by atoms with Crippen molar-refractivity contribution in [3.8, 4) is 0 Å². The molecule has 1 atom stereocenters. The minimum Gasteiger partial charge on any atom is -0.303 e. The Bertz CT molecular complexity index is 472. The van der Waals surface area contributed by atoms with Gasteiger partial charge < -0.3 is 5.32 Å². The minimum absolute atomic E-state index is 0.312. The molecule has 0 aliphatic rings. The fourth-order valence-electron chi connectivity index (χ4n) is 1.70. The predicted molar refractivity (Wildman–Crippen MR) is 67.4 cm³/mol. The molecular formula is C13H18N4. The van der Waals surface area contributed by atoms with Gasteiger partial charge in [0.05, 0.1) is 6.54 Å². The molecule has 0 aliphatic heterocycles. The first-order valence-corrected chi connectivity index (χ1v) is 5.79. The Morgan fingerprint density at radius 2 is 2.00 bits per heavy atom. The molecule has 17 heavy (non-hydrogen) atoms. The molecule has 1 heterocycles. The van der Waals surface area contributed by atoms with Crippen LogP contribution in [-0.2, 0) is 13.6 Å². The third-order valence-corrected chi connectivity index (χ3v) is 2.95. The molecule has 0 amide bonds. The summed E-state index contributed by atoms with van der Waals surface area (Å²) in [6, 6.07) is 8.89. The number of nitrogens with one attached hydrogen (secondary N) is 1. The van der Waals surface area contributed by atoms with E-state index in [4.69, 9.17) is 0 Å². The highest BCUT2D eigenvalue weighted by atomic mass is 15.3.